The molecule has 0 aromatic rings. The second-order valence-corrected chi connectivity index (χ2v) is 20.4. The third kappa shape index (κ3) is 5.64. The molecular weight excluding hydrogens is 642 g/mol. The van der Waals surface area contributed by atoms with Gasteiger partial charge in [0.05, 0.1) is 23.5 Å². The lowest BCUT2D eigenvalue weighted by Gasteiger charge is -2.74. The number of carboxylic acids is 1. The summed E-state index contributed by atoms with van der Waals surface area (Å²) in [5, 5.41) is 38.5. The van der Waals surface area contributed by atoms with Gasteiger partial charge < -0.3 is 25.4 Å². The molecule has 0 bridgehead atoms. The molecule has 0 saturated heterocycles. The van der Waals surface area contributed by atoms with Crippen LogP contribution < -0.4 is 5.32 Å². The first-order chi connectivity index (χ1) is 23.6. The highest BCUT2D eigenvalue weighted by Crippen LogP contribution is 2.77. The molecule has 6 aliphatic carbocycles. The number of carboxylic acid groups (broad SMARTS) is 1. The molecule has 0 aliphatic heterocycles. The van der Waals surface area contributed by atoms with E-state index in [0.717, 1.165) is 56.9 Å². The fraction of sp³-hybridized carbons (Fsp3) is 0.884. The molecule has 0 spiro atoms. The highest BCUT2D eigenvalue weighted by atomic mass is 16.5. The number of allylic oxidation sites excluding steroid dienone is 1. The van der Waals surface area contributed by atoms with E-state index >= 15 is 0 Å². The molecule has 0 heterocycles. The van der Waals surface area contributed by atoms with Crippen LogP contribution in [0.25, 0.3) is 0 Å². The summed E-state index contributed by atoms with van der Waals surface area (Å²) >= 11 is 0. The molecule has 0 radical (unpaired) electrons. The Kier molecular flexibility index (Phi) is 9.87. The van der Waals surface area contributed by atoms with Crippen LogP contribution in [0.4, 0.5) is 0 Å². The Labute approximate surface area is 307 Å². The number of nitrogens with one attached hydrogen (secondary N) is 1. The van der Waals surface area contributed by atoms with Crippen molar-refractivity contribution in [3.63, 3.8) is 0 Å². The van der Waals surface area contributed by atoms with Gasteiger partial charge in [0.2, 0.25) is 0 Å². The highest BCUT2D eigenvalue weighted by Gasteiger charge is 2.74. The van der Waals surface area contributed by atoms with Crippen molar-refractivity contribution < 1.29 is 34.4 Å². The maximum atomic E-state index is 14.0. The minimum absolute atomic E-state index is 0.0970. The van der Waals surface area contributed by atoms with Gasteiger partial charge >= 0.3 is 11.9 Å². The number of hydrogen-bond acceptors (Lipinski definition) is 7. The normalized spacial score (nSPS) is 41.7. The minimum Gasteiger partial charge on any atom is -0.481 e. The quantitative estimate of drug-likeness (QED) is 0.178. The number of aliphatic carboxylic acids is 1. The number of aliphatic hydroxyl groups excluding tert-OH is 1. The molecule has 5 saturated carbocycles. The summed E-state index contributed by atoms with van der Waals surface area (Å²) in [6.07, 6.45) is 11.6. The average Bonchev–Trinajstić information content (AvgIpc) is 3.37. The van der Waals surface area contributed by atoms with Gasteiger partial charge in [-0.2, -0.15) is 0 Å². The lowest BCUT2D eigenvalue weighted by molar-refractivity contribution is -0.306. The van der Waals surface area contributed by atoms with Gasteiger partial charge in [-0.05, 0) is 112 Å². The number of aliphatic hydroxyl groups is 2. The molecule has 6 rings (SSSR count). The molecule has 8 nitrogen and oxygen atoms in total. The molecule has 0 amide bonds. The van der Waals surface area contributed by atoms with E-state index in [4.69, 9.17) is 4.74 Å². The Hall–Kier alpha value is -1.77. The molecule has 288 valence electrons. The summed E-state index contributed by atoms with van der Waals surface area (Å²) in [4.78, 5) is 38.9. The molecule has 0 unspecified atom stereocenters. The Morgan fingerprint density at radius 2 is 1.53 bits per heavy atom. The number of carbonyl (C=O) groups is 3. The van der Waals surface area contributed by atoms with Crippen LogP contribution in [-0.2, 0) is 19.1 Å². The largest absolute Gasteiger partial charge is 0.481 e. The smallest absolute Gasteiger partial charge is 0.309 e. The van der Waals surface area contributed by atoms with E-state index in [1.165, 1.54) is 38.7 Å². The second-order valence-electron chi connectivity index (χ2n) is 20.4. The zero-order chi connectivity index (χ0) is 37.6. The SMILES string of the molecule is CC(C)C1=C2[C@H]3CC[C@@H]4[C@@]5(C)CC[C@H](OC(=O)CC(C)(C)C(=O)O)C(C)(C)[C@]5(O)CC[C@@]4(C)[C@]3(C)CC[C@@]2([C@H](O)CNC2CCCCC2)CC1=O. The second kappa shape index (κ2) is 12.9. The van der Waals surface area contributed by atoms with Gasteiger partial charge in [-0.15, -0.1) is 0 Å². The standard InChI is InChI=1S/C43H69NO7/c1-26(2)34-29(45)23-42(31(46)25-44-27-13-11-10-12-14-27)21-19-39(7)28(35(34)42)15-16-30-40(39,8)20-22-43(50)38(5,6)32(17-18-41(30,43)9)51-33(47)24-37(3,4)36(48)49/h26-28,30-32,44,46,50H,10-25H2,1-9H3,(H,48,49)/t28-,30+,31-,32+,39-,40-,41-,42+,43-/m1/s1. The van der Waals surface area contributed by atoms with Crippen molar-refractivity contribution in [1.29, 1.82) is 0 Å². The van der Waals surface area contributed by atoms with E-state index in [0.29, 0.717) is 31.8 Å². The van der Waals surface area contributed by atoms with Gasteiger partial charge in [-0.1, -0.05) is 73.3 Å². The summed E-state index contributed by atoms with van der Waals surface area (Å²) in [7, 11) is 0. The van der Waals surface area contributed by atoms with E-state index in [1.807, 2.05) is 13.8 Å². The number of Topliss-reactive ketones (excluding diaryl/α,β-unsaturated/α-hetero) is 1. The Morgan fingerprint density at radius 1 is 0.882 bits per heavy atom. The first kappa shape index (κ1) is 38.9. The van der Waals surface area contributed by atoms with E-state index in [-0.39, 0.29) is 40.8 Å². The molecule has 5 fully saturated rings. The summed E-state index contributed by atoms with van der Waals surface area (Å²) in [6.45, 7) is 19.3. The summed E-state index contributed by atoms with van der Waals surface area (Å²) < 4.78 is 6.07. The maximum absolute atomic E-state index is 14.0. The van der Waals surface area contributed by atoms with Crippen molar-refractivity contribution in [3.8, 4) is 0 Å². The van der Waals surface area contributed by atoms with E-state index < -0.39 is 51.4 Å². The van der Waals surface area contributed by atoms with Crippen molar-refractivity contribution in [2.75, 3.05) is 6.54 Å². The minimum atomic E-state index is -1.23. The molecule has 0 aromatic carbocycles. The Balaban J connectivity index is 1.29. The third-order valence-electron chi connectivity index (χ3n) is 17.0. The third-order valence-corrected chi connectivity index (χ3v) is 17.0. The first-order valence-electron chi connectivity index (χ1n) is 20.5. The van der Waals surface area contributed by atoms with Crippen molar-refractivity contribution in [3.05, 3.63) is 11.1 Å². The monoisotopic (exact) mass is 712 g/mol. The van der Waals surface area contributed by atoms with Crippen LogP contribution in [0.5, 0.6) is 0 Å². The van der Waals surface area contributed by atoms with Crippen molar-refractivity contribution in [2.24, 2.45) is 50.2 Å². The van der Waals surface area contributed by atoms with Gasteiger partial charge in [-0.3, -0.25) is 14.4 Å². The van der Waals surface area contributed by atoms with Crippen molar-refractivity contribution in [2.45, 2.75) is 182 Å². The number of esters is 1. The molecular formula is C43H69NO7. The van der Waals surface area contributed by atoms with E-state index in [9.17, 15) is 29.7 Å². The van der Waals surface area contributed by atoms with E-state index in [2.05, 4.69) is 39.9 Å². The molecule has 51 heavy (non-hydrogen) atoms. The summed E-state index contributed by atoms with van der Waals surface area (Å²) in [6, 6.07) is 0.447. The Bertz CT molecular complexity index is 1440. The van der Waals surface area contributed by atoms with Gasteiger partial charge in [0.25, 0.3) is 0 Å². The van der Waals surface area contributed by atoms with Crippen molar-refractivity contribution in [1.82, 2.24) is 5.32 Å². The molecule has 4 N–H and O–H groups in total. The van der Waals surface area contributed by atoms with Crippen LogP contribution in [0.3, 0.4) is 0 Å². The van der Waals surface area contributed by atoms with Gasteiger partial charge in [0.15, 0.2) is 5.78 Å². The van der Waals surface area contributed by atoms with Crippen LogP contribution in [0.15, 0.2) is 11.1 Å². The summed E-state index contributed by atoms with van der Waals surface area (Å²) in [5.74, 6) is -0.776. The Morgan fingerprint density at radius 3 is 2.16 bits per heavy atom. The number of ether oxygens (including phenoxy) is 1. The predicted molar refractivity (Wildman–Crippen MR) is 198 cm³/mol. The molecule has 8 heteroatoms. The highest BCUT2D eigenvalue weighted by molar-refractivity contribution is 6.00. The average molecular weight is 712 g/mol. The predicted octanol–water partition coefficient (Wildman–Crippen LogP) is 7.78. The molecule has 0 aromatic heterocycles. The van der Waals surface area contributed by atoms with Crippen LogP contribution in [0.2, 0.25) is 0 Å². The number of ketones is 1. The van der Waals surface area contributed by atoms with Crippen LogP contribution in [0, 0.1) is 50.2 Å². The zero-order valence-electron chi connectivity index (χ0n) is 33.3. The van der Waals surface area contributed by atoms with Gasteiger partial charge in [0.1, 0.15) is 6.10 Å². The van der Waals surface area contributed by atoms with Crippen LogP contribution >= 0.6 is 0 Å². The van der Waals surface area contributed by atoms with Crippen LogP contribution in [0.1, 0.15) is 159 Å². The lowest BCUT2D eigenvalue weighted by atomic mass is 9.31. The maximum Gasteiger partial charge on any atom is 0.309 e. The number of carbonyl (C=O) groups excluding carboxylic acids is 2. The number of rotatable bonds is 9. The van der Waals surface area contributed by atoms with E-state index in [1.54, 1.807) is 0 Å². The number of fused-ring (bicyclic) bond motifs is 7. The lowest BCUT2D eigenvalue weighted by Crippen LogP contribution is -2.73. The zero-order valence-corrected chi connectivity index (χ0v) is 33.3. The fourth-order valence-corrected chi connectivity index (χ4v) is 13.5. The topological polar surface area (TPSA) is 133 Å². The van der Waals surface area contributed by atoms with Crippen molar-refractivity contribution >= 4 is 17.7 Å². The number of hydrogen-bond donors (Lipinski definition) is 4. The fourth-order valence-electron chi connectivity index (χ4n) is 13.5. The van der Waals surface area contributed by atoms with Crippen LogP contribution in [-0.4, -0.2) is 63.4 Å². The van der Waals surface area contributed by atoms with Gasteiger partial charge in [-0.25, -0.2) is 0 Å². The molecule has 9 atom stereocenters. The molecule has 6 aliphatic rings. The summed E-state index contributed by atoms with van der Waals surface area (Å²) in [5.41, 5.74) is -1.90. The van der Waals surface area contributed by atoms with Gasteiger partial charge in [0, 0.05) is 35.3 Å². The first-order valence-corrected chi connectivity index (χ1v) is 20.5.